The first-order valence-corrected chi connectivity index (χ1v) is 13.5. The molecule has 2 atom stereocenters. The van der Waals surface area contributed by atoms with Crippen LogP contribution in [0.4, 0.5) is 0 Å². The van der Waals surface area contributed by atoms with E-state index < -0.39 is 0 Å². The largest absolute Gasteiger partial charge is 0.352 e. The predicted octanol–water partition coefficient (Wildman–Crippen LogP) is 6.41. The lowest BCUT2D eigenvalue weighted by Gasteiger charge is -2.39. The second-order valence-electron chi connectivity index (χ2n) is 10.4. The molecule has 0 saturated carbocycles. The molecule has 1 aliphatic carbocycles. The summed E-state index contributed by atoms with van der Waals surface area (Å²) in [5.41, 5.74) is 7.24. The quantitative estimate of drug-likeness (QED) is 0.406. The monoisotopic (exact) mass is 469 g/mol. The number of nitrogens with zero attached hydrogens (tertiary/aromatic N) is 2. The van der Waals surface area contributed by atoms with Crippen LogP contribution in [0.1, 0.15) is 74.0 Å². The fourth-order valence-electron chi connectivity index (χ4n) is 6.06. The van der Waals surface area contributed by atoms with Crippen molar-refractivity contribution < 1.29 is 4.79 Å². The number of aryl methyl sites for hydroxylation is 1. The Balaban J connectivity index is 1.26. The lowest BCUT2D eigenvalue weighted by Crippen LogP contribution is -2.44. The Morgan fingerprint density at radius 3 is 2.37 bits per heavy atom. The second-order valence-corrected chi connectivity index (χ2v) is 10.4. The first-order valence-electron chi connectivity index (χ1n) is 13.5. The summed E-state index contributed by atoms with van der Waals surface area (Å²) in [6.45, 7) is 6.45. The number of rotatable bonds is 7. The molecule has 2 aliphatic rings. The fraction of sp³-hybridized carbons (Fsp3) is 0.452. The van der Waals surface area contributed by atoms with Crippen LogP contribution in [0.2, 0.25) is 0 Å². The van der Waals surface area contributed by atoms with E-state index >= 15 is 0 Å². The van der Waals surface area contributed by atoms with Crippen LogP contribution in [0.5, 0.6) is 0 Å². The van der Waals surface area contributed by atoms with Crippen molar-refractivity contribution in [3.05, 3.63) is 77.5 Å². The van der Waals surface area contributed by atoms with Crippen LogP contribution in [0, 0.1) is 0 Å². The van der Waals surface area contributed by atoms with Crippen molar-refractivity contribution in [2.75, 3.05) is 13.1 Å². The Morgan fingerprint density at radius 1 is 0.914 bits per heavy atom. The van der Waals surface area contributed by atoms with E-state index in [-0.39, 0.29) is 5.91 Å². The van der Waals surface area contributed by atoms with Crippen molar-refractivity contribution in [1.29, 1.82) is 0 Å². The average molecular weight is 470 g/mol. The second kappa shape index (κ2) is 10.8. The van der Waals surface area contributed by atoms with E-state index in [2.05, 4.69) is 77.2 Å². The SMILES string of the molecule is C[C@@H]1CCC[C@@H](C)N1CCCNC(=O)c1ccc(-n2c(-c3ccccc3)cc3c2CCCC3)cc1. The van der Waals surface area contributed by atoms with Crippen LogP contribution in [-0.2, 0) is 12.8 Å². The van der Waals surface area contributed by atoms with Crippen molar-refractivity contribution in [1.82, 2.24) is 14.8 Å². The van der Waals surface area contributed by atoms with Gasteiger partial charge in [0.05, 0.1) is 5.69 Å². The molecule has 0 radical (unpaired) electrons. The maximum Gasteiger partial charge on any atom is 0.251 e. The van der Waals surface area contributed by atoms with E-state index in [0.717, 1.165) is 43.6 Å². The first-order chi connectivity index (χ1) is 17.1. The standard InChI is InChI=1S/C31H39N3O/c1-23-10-8-11-24(2)33(23)21-9-20-32-31(35)26-16-18-28(19-17-26)34-29-15-7-6-14-27(29)22-30(34)25-12-4-3-5-13-25/h3-5,12-13,16-19,22-24H,6-11,14-15,20-21H2,1-2H3,(H,32,35)/t23-,24-/m1/s1. The number of carbonyl (C=O) groups excluding carboxylic acids is 1. The highest BCUT2D eigenvalue weighted by Gasteiger charge is 2.24. The number of likely N-dealkylation sites (tertiary alicyclic amines) is 1. The molecule has 0 bridgehead atoms. The normalized spacial score (nSPS) is 20.4. The minimum Gasteiger partial charge on any atom is -0.352 e. The van der Waals surface area contributed by atoms with E-state index in [4.69, 9.17) is 0 Å². The Bertz CT molecular complexity index is 1120. The summed E-state index contributed by atoms with van der Waals surface area (Å²) < 4.78 is 2.41. The number of amides is 1. The zero-order valence-corrected chi connectivity index (χ0v) is 21.3. The molecular formula is C31H39N3O. The number of piperidine rings is 1. The van der Waals surface area contributed by atoms with Gasteiger partial charge >= 0.3 is 0 Å². The third-order valence-corrected chi connectivity index (χ3v) is 8.01. The maximum absolute atomic E-state index is 12.8. The average Bonchev–Trinajstić information content (AvgIpc) is 3.28. The highest BCUT2D eigenvalue weighted by atomic mass is 16.1. The topological polar surface area (TPSA) is 37.3 Å². The first kappa shape index (κ1) is 23.9. The molecule has 184 valence electrons. The van der Waals surface area contributed by atoms with Gasteiger partial charge in [0.15, 0.2) is 0 Å². The van der Waals surface area contributed by atoms with Crippen LogP contribution in [-0.4, -0.2) is 40.5 Å². The maximum atomic E-state index is 12.8. The number of fused-ring (bicyclic) bond motifs is 1. The molecule has 5 rings (SSSR count). The van der Waals surface area contributed by atoms with Crippen LogP contribution in [0.15, 0.2) is 60.7 Å². The number of hydrogen-bond acceptors (Lipinski definition) is 2. The van der Waals surface area contributed by atoms with E-state index in [1.54, 1.807) is 0 Å². The molecule has 1 saturated heterocycles. The molecule has 2 heterocycles. The van der Waals surface area contributed by atoms with Crippen molar-refractivity contribution in [2.24, 2.45) is 0 Å². The van der Waals surface area contributed by atoms with E-state index in [1.165, 1.54) is 54.6 Å². The molecule has 0 spiro atoms. The van der Waals surface area contributed by atoms with Crippen LogP contribution in [0.25, 0.3) is 16.9 Å². The molecule has 2 aromatic carbocycles. The van der Waals surface area contributed by atoms with Gasteiger partial charge in [-0.1, -0.05) is 36.8 Å². The summed E-state index contributed by atoms with van der Waals surface area (Å²) in [6.07, 6.45) is 9.68. The predicted molar refractivity (Wildman–Crippen MR) is 144 cm³/mol. The van der Waals surface area contributed by atoms with Gasteiger partial charge in [-0.05, 0) is 100 Å². The third-order valence-electron chi connectivity index (χ3n) is 8.01. The van der Waals surface area contributed by atoms with Gasteiger partial charge in [0.1, 0.15) is 0 Å². The summed E-state index contributed by atoms with van der Waals surface area (Å²) in [4.78, 5) is 15.4. The minimum atomic E-state index is 0.0223. The number of hydrogen-bond donors (Lipinski definition) is 1. The molecular weight excluding hydrogens is 430 g/mol. The number of carbonyl (C=O) groups is 1. The molecule has 35 heavy (non-hydrogen) atoms. The molecule has 1 amide bonds. The smallest absolute Gasteiger partial charge is 0.251 e. The van der Waals surface area contributed by atoms with Gasteiger partial charge in [-0.25, -0.2) is 0 Å². The molecule has 1 fully saturated rings. The van der Waals surface area contributed by atoms with Gasteiger partial charge < -0.3 is 9.88 Å². The van der Waals surface area contributed by atoms with Gasteiger partial charge in [0.2, 0.25) is 0 Å². The molecule has 1 aliphatic heterocycles. The molecule has 1 N–H and O–H groups in total. The fourth-order valence-corrected chi connectivity index (χ4v) is 6.06. The van der Waals surface area contributed by atoms with E-state index in [1.807, 2.05) is 12.1 Å². The summed E-state index contributed by atoms with van der Waals surface area (Å²) in [6, 6.07) is 22.5. The Labute approximate surface area is 210 Å². The lowest BCUT2D eigenvalue weighted by molar-refractivity contribution is 0.0925. The summed E-state index contributed by atoms with van der Waals surface area (Å²) in [5, 5.41) is 3.14. The minimum absolute atomic E-state index is 0.0223. The Kier molecular flexibility index (Phi) is 7.38. The Hall–Kier alpha value is -2.85. The molecule has 4 heteroatoms. The number of benzene rings is 2. The zero-order chi connectivity index (χ0) is 24.2. The summed E-state index contributed by atoms with van der Waals surface area (Å²) in [5.74, 6) is 0.0223. The number of nitrogens with one attached hydrogen (secondary N) is 1. The lowest BCUT2D eigenvalue weighted by atomic mass is 9.97. The van der Waals surface area contributed by atoms with Gasteiger partial charge in [0, 0.05) is 42.1 Å². The van der Waals surface area contributed by atoms with Crippen molar-refractivity contribution in [2.45, 2.75) is 77.3 Å². The number of aromatic nitrogens is 1. The van der Waals surface area contributed by atoms with Crippen molar-refractivity contribution >= 4 is 5.91 Å². The highest BCUT2D eigenvalue weighted by Crippen LogP contribution is 2.34. The van der Waals surface area contributed by atoms with Gasteiger partial charge in [0.25, 0.3) is 5.91 Å². The van der Waals surface area contributed by atoms with Crippen LogP contribution < -0.4 is 5.32 Å². The molecule has 1 aromatic heterocycles. The highest BCUT2D eigenvalue weighted by molar-refractivity contribution is 5.94. The van der Waals surface area contributed by atoms with E-state index in [9.17, 15) is 4.79 Å². The third kappa shape index (κ3) is 5.23. The van der Waals surface area contributed by atoms with E-state index in [0.29, 0.717) is 12.1 Å². The summed E-state index contributed by atoms with van der Waals surface area (Å²) in [7, 11) is 0. The summed E-state index contributed by atoms with van der Waals surface area (Å²) >= 11 is 0. The molecule has 4 nitrogen and oxygen atoms in total. The Morgan fingerprint density at radius 2 is 1.63 bits per heavy atom. The van der Waals surface area contributed by atoms with Crippen LogP contribution in [0.3, 0.4) is 0 Å². The van der Waals surface area contributed by atoms with Gasteiger partial charge in [-0.15, -0.1) is 0 Å². The van der Waals surface area contributed by atoms with Crippen molar-refractivity contribution in [3.63, 3.8) is 0 Å². The van der Waals surface area contributed by atoms with Crippen LogP contribution >= 0.6 is 0 Å². The van der Waals surface area contributed by atoms with Gasteiger partial charge in [-0.3, -0.25) is 9.69 Å². The zero-order valence-electron chi connectivity index (χ0n) is 21.3. The molecule has 3 aromatic rings. The van der Waals surface area contributed by atoms with Crippen molar-refractivity contribution in [3.8, 4) is 16.9 Å². The molecule has 0 unspecified atom stereocenters. The van der Waals surface area contributed by atoms with Gasteiger partial charge in [-0.2, -0.15) is 0 Å².